The minimum absolute atomic E-state index is 0.0606. The maximum absolute atomic E-state index is 11.8. The third-order valence-corrected chi connectivity index (χ3v) is 2.60. The van der Waals surface area contributed by atoms with E-state index in [1.807, 2.05) is 13.9 Å². The summed E-state index contributed by atoms with van der Waals surface area (Å²) in [6, 6.07) is 1.82. The van der Waals surface area contributed by atoms with Crippen LogP contribution in [-0.4, -0.2) is 41.7 Å². The zero-order chi connectivity index (χ0) is 16.3. The summed E-state index contributed by atoms with van der Waals surface area (Å²) in [5, 5.41) is 3.78. The van der Waals surface area contributed by atoms with Gasteiger partial charge in [0.15, 0.2) is 11.5 Å². The van der Waals surface area contributed by atoms with E-state index < -0.39 is 11.6 Å². The molecule has 22 heavy (non-hydrogen) atoms. The number of methoxy groups -OCH3 is 1. The highest BCUT2D eigenvalue weighted by atomic mass is 16.6. The van der Waals surface area contributed by atoms with Gasteiger partial charge in [0.1, 0.15) is 25.6 Å². The number of aromatic nitrogens is 3. The SMILES string of the molecule is Bc1cnc(-c2nc(CC(=O)OC(C)(C)C)no2)c(OC)c1. The van der Waals surface area contributed by atoms with E-state index in [1.165, 1.54) is 7.11 Å². The summed E-state index contributed by atoms with van der Waals surface area (Å²) < 4.78 is 15.6. The lowest BCUT2D eigenvalue weighted by molar-refractivity contribution is -0.154. The van der Waals surface area contributed by atoms with E-state index in [4.69, 9.17) is 14.0 Å². The van der Waals surface area contributed by atoms with Crippen LogP contribution in [0.25, 0.3) is 11.6 Å². The molecule has 0 bridgehead atoms. The number of hydrogen-bond donors (Lipinski definition) is 0. The molecule has 0 saturated carbocycles. The molecule has 0 amide bonds. The Morgan fingerprint density at radius 3 is 2.77 bits per heavy atom. The van der Waals surface area contributed by atoms with E-state index >= 15 is 0 Å². The van der Waals surface area contributed by atoms with Gasteiger partial charge >= 0.3 is 5.97 Å². The van der Waals surface area contributed by atoms with Crippen molar-refractivity contribution in [3.63, 3.8) is 0 Å². The molecule has 0 saturated heterocycles. The molecule has 0 atom stereocenters. The van der Waals surface area contributed by atoms with Crippen molar-refractivity contribution in [1.82, 2.24) is 15.1 Å². The Kier molecular flexibility index (Phi) is 4.49. The van der Waals surface area contributed by atoms with E-state index in [2.05, 4.69) is 15.1 Å². The van der Waals surface area contributed by atoms with Crippen molar-refractivity contribution in [1.29, 1.82) is 0 Å². The zero-order valence-electron chi connectivity index (χ0n) is 13.3. The molecule has 0 N–H and O–H groups in total. The van der Waals surface area contributed by atoms with E-state index in [-0.39, 0.29) is 18.1 Å². The smallest absolute Gasteiger partial charge is 0.314 e. The first-order valence-electron chi connectivity index (χ1n) is 6.84. The molecular formula is C14H18BN3O4. The average Bonchev–Trinajstić information content (AvgIpc) is 2.84. The fraction of sp³-hybridized carbons (Fsp3) is 0.429. The minimum atomic E-state index is -0.550. The molecule has 2 aromatic rings. The topological polar surface area (TPSA) is 87.3 Å². The van der Waals surface area contributed by atoms with Gasteiger partial charge in [-0.05, 0) is 26.8 Å². The molecule has 8 heteroatoms. The molecular weight excluding hydrogens is 285 g/mol. The van der Waals surface area contributed by atoms with Gasteiger partial charge in [-0.3, -0.25) is 4.79 Å². The van der Waals surface area contributed by atoms with E-state index in [9.17, 15) is 4.79 Å². The van der Waals surface area contributed by atoms with Gasteiger partial charge in [0, 0.05) is 6.20 Å². The van der Waals surface area contributed by atoms with Gasteiger partial charge in [0.2, 0.25) is 0 Å². The summed E-state index contributed by atoms with van der Waals surface area (Å²) in [6.45, 7) is 5.40. The average molecular weight is 303 g/mol. The van der Waals surface area contributed by atoms with Crippen molar-refractivity contribution in [2.45, 2.75) is 32.8 Å². The third kappa shape index (κ3) is 4.06. The van der Waals surface area contributed by atoms with Crippen molar-refractivity contribution < 1.29 is 18.8 Å². The quantitative estimate of drug-likeness (QED) is 0.592. The maximum atomic E-state index is 11.8. The summed E-state index contributed by atoms with van der Waals surface area (Å²) in [5.41, 5.74) is 0.843. The van der Waals surface area contributed by atoms with Crippen molar-refractivity contribution in [3.05, 3.63) is 18.1 Å². The van der Waals surface area contributed by atoms with Crippen molar-refractivity contribution >= 4 is 19.3 Å². The molecule has 2 aromatic heterocycles. The minimum Gasteiger partial charge on any atom is -0.494 e. The lowest BCUT2D eigenvalue weighted by Gasteiger charge is -2.18. The van der Waals surface area contributed by atoms with Gasteiger partial charge < -0.3 is 14.0 Å². The van der Waals surface area contributed by atoms with Gasteiger partial charge in [0.25, 0.3) is 5.89 Å². The van der Waals surface area contributed by atoms with Crippen LogP contribution in [0, 0.1) is 0 Å². The molecule has 0 aromatic carbocycles. The van der Waals surface area contributed by atoms with Crippen LogP contribution in [0.4, 0.5) is 0 Å². The molecule has 0 unspecified atom stereocenters. The molecule has 0 spiro atoms. The number of esters is 1. The third-order valence-electron chi connectivity index (χ3n) is 2.60. The fourth-order valence-electron chi connectivity index (χ4n) is 1.79. The highest BCUT2D eigenvalue weighted by molar-refractivity contribution is 6.32. The predicted octanol–water partition coefficient (Wildman–Crippen LogP) is 0.283. The van der Waals surface area contributed by atoms with Crippen LogP contribution in [0.3, 0.4) is 0 Å². The number of hydrogen-bond acceptors (Lipinski definition) is 7. The van der Waals surface area contributed by atoms with Crippen molar-refractivity contribution in [3.8, 4) is 17.3 Å². The normalized spacial score (nSPS) is 11.3. The molecule has 2 heterocycles. The second-order valence-electron chi connectivity index (χ2n) is 5.84. The number of pyridine rings is 1. The van der Waals surface area contributed by atoms with Crippen molar-refractivity contribution in [2.24, 2.45) is 0 Å². The molecule has 0 fully saturated rings. The van der Waals surface area contributed by atoms with Gasteiger partial charge in [-0.1, -0.05) is 10.6 Å². The lowest BCUT2D eigenvalue weighted by Crippen LogP contribution is -2.25. The molecule has 0 aliphatic heterocycles. The van der Waals surface area contributed by atoms with Gasteiger partial charge in [-0.2, -0.15) is 4.98 Å². The summed E-state index contributed by atoms with van der Waals surface area (Å²) in [7, 11) is 3.44. The Hall–Kier alpha value is -2.38. The molecule has 0 aliphatic rings. The highest BCUT2D eigenvalue weighted by Gasteiger charge is 2.20. The largest absolute Gasteiger partial charge is 0.494 e. The first-order chi connectivity index (χ1) is 10.3. The van der Waals surface area contributed by atoms with Crippen LogP contribution >= 0.6 is 0 Å². The Morgan fingerprint density at radius 1 is 1.41 bits per heavy atom. The van der Waals surface area contributed by atoms with Crippen LogP contribution in [0.1, 0.15) is 26.6 Å². The lowest BCUT2D eigenvalue weighted by atomic mass is 9.98. The second kappa shape index (κ2) is 6.17. The Labute approximate surface area is 129 Å². The number of rotatable bonds is 4. The Bertz CT molecular complexity index is 679. The van der Waals surface area contributed by atoms with Crippen LogP contribution in [0.5, 0.6) is 5.75 Å². The summed E-state index contributed by atoms with van der Waals surface area (Å²) in [5.74, 6) is 0.570. The molecule has 7 nitrogen and oxygen atoms in total. The van der Waals surface area contributed by atoms with Crippen molar-refractivity contribution in [2.75, 3.05) is 7.11 Å². The monoisotopic (exact) mass is 303 g/mol. The Morgan fingerprint density at radius 2 is 2.14 bits per heavy atom. The molecule has 116 valence electrons. The number of ether oxygens (including phenoxy) is 2. The predicted molar refractivity (Wildman–Crippen MR) is 81.8 cm³/mol. The first kappa shape index (κ1) is 16.0. The number of carbonyl (C=O) groups excluding carboxylic acids is 1. The number of carbonyl (C=O) groups is 1. The van der Waals surface area contributed by atoms with E-state index in [1.54, 1.807) is 27.0 Å². The van der Waals surface area contributed by atoms with E-state index in [0.29, 0.717) is 11.4 Å². The van der Waals surface area contributed by atoms with Crippen LogP contribution in [0.15, 0.2) is 16.8 Å². The maximum Gasteiger partial charge on any atom is 0.314 e. The summed E-state index contributed by atoms with van der Waals surface area (Å²) in [6.07, 6.45) is 1.62. The molecule has 0 aliphatic carbocycles. The van der Waals surface area contributed by atoms with Crippen LogP contribution < -0.4 is 10.2 Å². The van der Waals surface area contributed by atoms with Gasteiger partial charge in [-0.25, -0.2) is 4.98 Å². The fourth-order valence-corrected chi connectivity index (χ4v) is 1.79. The number of nitrogens with zero attached hydrogens (tertiary/aromatic N) is 3. The first-order valence-corrected chi connectivity index (χ1v) is 6.84. The van der Waals surface area contributed by atoms with Gasteiger partial charge in [0.05, 0.1) is 7.11 Å². The van der Waals surface area contributed by atoms with Crippen LogP contribution in [-0.2, 0) is 16.0 Å². The van der Waals surface area contributed by atoms with Gasteiger partial charge in [-0.15, -0.1) is 0 Å². The zero-order valence-corrected chi connectivity index (χ0v) is 13.3. The second-order valence-corrected chi connectivity index (χ2v) is 5.84. The molecule has 2 rings (SSSR count). The highest BCUT2D eigenvalue weighted by Crippen LogP contribution is 2.24. The summed E-state index contributed by atoms with van der Waals surface area (Å²) >= 11 is 0. The Balaban J connectivity index is 2.17. The van der Waals surface area contributed by atoms with E-state index in [0.717, 1.165) is 5.46 Å². The molecule has 0 radical (unpaired) electrons. The standard InChI is InChI=1S/C14H18BN3O4/c1-14(2,3)21-11(19)6-10-17-13(22-18-10)12-9(20-4)5-8(15)7-16-12/h5,7H,6,15H2,1-4H3. The summed E-state index contributed by atoms with van der Waals surface area (Å²) in [4.78, 5) is 20.2. The van der Waals surface area contributed by atoms with Crippen LogP contribution in [0.2, 0.25) is 0 Å².